The van der Waals surface area contributed by atoms with E-state index in [4.69, 9.17) is 0 Å². The number of rotatable bonds is 4. The summed E-state index contributed by atoms with van der Waals surface area (Å²) in [7, 11) is 0. The van der Waals surface area contributed by atoms with Crippen molar-refractivity contribution >= 4 is 11.8 Å². The number of nitrogens with one attached hydrogen (secondary N) is 2. The number of benzene rings is 1. The zero-order valence-electron chi connectivity index (χ0n) is 16.2. The summed E-state index contributed by atoms with van der Waals surface area (Å²) in [5.41, 5.74) is 1.91. The monoisotopic (exact) mass is 357 g/mol. The molecule has 2 atom stereocenters. The van der Waals surface area contributed by atoms with Crippen molar-refractivity contribution in [3.63, 3.8) is 0 Å². The lowest BCUT2D eigenvalue weighted by atomic mass is 9.87. The molecule has 2 N–H and O–H groups in total. The number of carbonyl (C=O) groups is 2. The molecule has 2 bridgehead atoms. The lowest BCUT2D eigenvalue weighted by Gasteiger charge is -2.24. The molecule has 2 aliphatic rings. The van der Waals surface area contributed by atoms with Crippen molar-refractivity contribution in [2.24, 2.45) is 0 Å². The normalized spacial score (nSPS) is 22.8. The standard InChI is InChI=1S/C21H31N3O2/c1-21(2,3)16-6-4-15(5-7-16)20(26)22-12-10-19(25)24-13-11-17-8-9-18(14-24)23-17/h4-7,17-18,23H,8-14H2,1-3H3,(H,22,26). The molecule has 2 aliphatic heterocycles. The molecule has 142 valence electrons. The van der Waals surface area contributed by atoms with Gasteiger partial charge in [-0.3, -0.25) is 9.59 Å². The first-order chi connectivity index (χ1) is 12.3. The van der Waals surface area contributed by atoms with E-state index in [1.165, 1.54) is 12.0 Å². The van der Waals surface area contributed by atoms with E-state index < -0.39 is 0 Å². The summed E-state index contributed by atoms with van der Waals surface area (Å²) in [4.78, 5) is 26.7. The van der Waals surface area contributed by atoms with Gasteiger partial charge >= 0.3 is 0 Å². The number of fused-ring (bicyclic) bond motifs is 2. The van der Waals surface area contributed by atoms with Crippen LogP contribution in [0, 0.1) is 0 Å². The molecule has 0 spiro atoms. The molecule has 2 fully saturated rings. The Morgan fingerprint density at radius 3 is 2.50 bits per heavy atom. The minimum Gasteiger partial charge on any atom is -0.352 e. The molecule has 0 radical (unpaired) electrons. The van der Waals surface area contributed by atoms with Crippen LogP contribution in [0.2, 0.25) is 0 Å². The summed E-state index contributed by atoms with van der Waals surface area (Å²) in [6.07, 6.45) is 3.80. The van der Waals surface area contributed by atoms with E-state index in [2.05, 4.69) is 31.4 Å². The lowest BCUT2D eigenvalue weighted by molar-refractivity contribution is -0.131. The molecule has 2 unspecified atom stereocenters. The van der Waals surface area contributed by atoms with Crippen LogP contribution in [0.1, 0.15) is 62.4 Å². The molecule has 26 heavy (non-hydrogen) atoms. The molecule has 0 saturated carbocycles. The fourth-order valence-electron chi connectivity index (χ4n) is 3.83. The van der Waals surface area contributed by atoms with Gasteiger partial charge in [0, 0.05) is 43.7 Å². The SMILES string of the molecule is CC(C)(C)c1ccc(C(=O)NCCC(=O)N2CCC3CCC(C2)N3)cc1. The van der Waals surface area contributed by atoms with Gasteiger partial charge in [-0.25, -0.2) is 0 Å². The molecular formula is C21H31N3O2. The second-order valence-corrected chi connectivity index (χ2v) is 8.60. The number of hydrogen-bond acceptors (Lipinski definition) is 3. The predicted molar refractivity (Wildman–Crippen MR) is 103 cm³/mol. The van der Waals surface area contributed by atoms with Crippen LogP contribution in [0.25, 0.3) is 0 Å². The van der Waals surface area contributed by atoms with Crippen molar-refractivity contribution in [2.45, 2.75) is 64.0 Å². The van der Waals surface area contributed by atoms with Crippen LogP contribution >= 0.6 is 0 Å². The Balaban J connectivity index is 1.45. The maximum atomic E-state index is 12.4. The molecular weight excluding hydrogens is 326 g/mol. The summed E-state index contributed by atoms with van der Waals surface area (Å²) in [5, 5.41) is 6.46. The molecule has 1 aromatic carbocycles. The minimum atomic E-state index is -0.116. The Morgan fingerprint density at radius 1 is 1.12 bits per heavy atom. The number of nitrogens with zero attached hydrogens (tertiary/aromatic N) is 1. The van der Waals surface area contributed by atoms with Gasteiger partial charge in [-0.1, -0.05) is 32.9 Å². The fourth-order valence-corrected chi connectivity index (χ4v) is 3.83. The van der Waals surface area contributed by atoms with Gasteiger partial charge < -0.3 is 15.5 Å². The second-order valence-electron chi connectivity index (χ2n) is 8.60. The van der Waals surface area contributed by atoms with Gasteiger partial charge in [0.05, 0.1) is 0 Å². The van der Waals surface area contributed by atoms with E-state index in [9.17, 15) is 9.59 Å². The van der Waals surface area contributed by atoms with E-state index in [0.29, 0.717) is 30.6 Å². The van der Waals surface area contributed by atoms with E-state index in [1.807, 2.05) is 29.2 Å². The maximum absolute atomic E-state index is 12.4. The van der Waals surface area contributed by atoms with Crippen LogP contribution < -0.4 is 10.6 Å². The van der Waals surface area contributed by atoms with Crippen molar-refractivity contribution < 1.29 is 9.59 Å². The number of hydrogen-bond donors (Lipinski definition) is 2. The highest BCUT2D eigenvalue weighted by Crippen LogP contribution is 2.22. The Morgan fingerprint density at radius 2 is 1.81 bits per heavy atom. The topological polar surface area (TPSA) is 61.4 Å². The smallest absolute Gasteiger partial charge is 0.251 e. The van der Waals surface area contributed by atoms with Crippen LogP contribution in [0.4, 0.5) is 0 Å². The van der Waals surface area contributed by atoms with Gasteiger partial charge in [-0.15, -0.1) is 0 Å². The zero-order valence-corrected chi connectivity index (χ0v) is 16.2. The maximum Gasteiger partial charge on any atom is 0.251 e. The van der Waals surface area contributed by atoms with Gasteiger partial charge in [0.1, 0.15) is 0 Å². The van der Waals surface area contributed by atoms with E-state index in [0.717, 1.165) is 25.9 Å². The van der Waals surface area contributed by atoms with Gasteiger partial charge in [0.25, 0.3) is 5.91 Å². The zero-order chi connectivity index (χ0) is 18.7. The highest BCUT2D eigenvalue weighted by molar-refractivity contribution is 5.94. The molecule has 0 aromatic heterocycles. The molecule has 3 rings (SSSR count). The second kappa shape index (κ2) is 7.78. The van der Waals surface area contributed by atoms with E-state index in [-0.39, 0.29) is 17.2 Å². The minimum absolute atomic E-state index is 0.0723. The summed E-state index contributed by atoms with van der Waals surface area (Å²) < 4.78 is 0. The van der Waals surface area contributed by atoms with Crippen LogP contribution in [-0.2, 0) is 10.2 Å². The molecule has 2 amide bonds. The van der Waals surface area contributed by atoms with Crippen molar-refractivity contribution in [3.05, 3.63) is 35.4 Å². The Labute approximate surface area is 156 Å². The van der Waals surface area contributed by atoms with Gasteiger partial charge in [0.2, 0.25) is 5.91 Å². The summed E-state index contributed by atoms with van der Waals surface area (Å²) in [6, 6.07) is 8.73. The molecule has 1 aromatic rings. The van der Waals surface area contributed by atoms with Crippen molar-refractivity contribution in [3.8, 4) is 0 Å². The molecule has 2 heterocycles. The quantitative estimate of drug-likeness (QED) is 0.870. The van der Waals surface area contributed by atoms with Crippen molar-refractivity contribution in [2.75, 3.05) is 19.6 Å². The van der Waals surface area contributed by atoms with Crippen molar-refractivity contribution in [1.29, 1.82) is 0 Å². The summed E-state index contributed by atoms with van der Waals surface area (Å²) >= 11 is 0. The first-order valence-electron chi connectivity index (χ1n) is 9.75. The highest BCUT2D eigenvalue weighted by atomic mass is 16.2. The third-order valence-corrected chi connectivity index (χ3v) is 5.51. The number of carbonyl (C=O) groups excluding carboxylic acids is 2. The average molecular weight is 357 g/mol. The van der Waals surface area contributed by atoms with Gasteiger partial charge in [-0.05, 0) is 42.4 Å². The van der Waals surface area contributed by atoms with Crippen LogP contribution in [0.5, 0.6) is 0 Å². The van der Waals surface area contributed by atoms with Gasteiger partial charge in [-0.2, -0.15) is 0 Å². The summed E-state index contributed by atoms with van der Waals surface area (Å²) in [5.74, 6) is 0.0255. The largest absolute Gasteiger partial charge is 0.352 e. The Hall–Kier alpha value is -1.88. The van der Waals surface area contributed by atoms with Crippen LogP contribution in [-0.4, -0.2) is 48.4 Å². The first kappa shape index (κ1) is 18.9. The highest BCUT2D eigenvalue weighted by Gasteiger charge is 2.30. The number of amides is 2. The molecule has 5 heteroatoms. The van der Waals surface area contributed by atoms with Crippen LogP contribution in [0.15, 0.2) is 24.3 Å². The van der Waals surface area contributed by atoms with Crippen molar-refractivity contribution in [1.82, 2.24) is 15.5 Å². The average Bonchev–Trinajstić information content (AvgIpc) is 2.92. The fraction of sp³-hybridized carbons (Fsp3) is 0.619. The first-order valence-corrected chi connectivity index (χ1v) is 9.75. The Kier molecular flexibility index (Phi) is 5.66. The molecule has 5 nitrogen and oxygen atoms in total. The lowest BCUT2D eigenvalue weighted by Crippen LogP contribution is -2.40. The third-order valence-electron chi connectivity index (χ3n) is 5.51. The third kappa shape index (κ3) is 4.64. The molecule has 0 aliphatic carbocycles. The Bertz CT molecular complexity index is 648. The summed E-state index contributed by atoms with van der Waals surface area (Å²) in [6.45, 7) is 8.47. The van der Waals surface area contributed by atoms with E-state index >= 15 is 0 Å². The number of likely N-dealkylation sites (tertiary alicyclic amines) is 1. The van der Waals surface area contributed by atoms with Gasteiger partial charge in [0.15, 0.2) is 0 Å². The predicted octanol–water partition coefficient (Wildman–Crippen LogP) is 2.46. The molecule has 2 saturated heterocycles. The van der Waals surface area contributed by atoms with E-state index in [1.54, 1.807) is 0 Å². The van der Waals surface area contributed by atoms with Crippen LogP contribution in [0.3, 0.4) is 0 Å².